The van der Waals surface area contributed by atoms with Gasteiger partial charge in [-0.15, -0.1) is 0 Å². The molecule has 1 aliphatic heterocycles. The second-order valence-corrected chi connectivity index (χ2v) is 8.53. The third kappa shape index (κ3) is 2.97. The van der Waals surface area contributed by atoms with Gasteiger partial charge in [0.1, 0.15) is 39.7 Å². The van der Waals surface area contributed by atoms with E-state index in [9.17, 15) is 25.2 Å². The molecule has 158 valence electrons. The number of aliphatic hydroxyl groups is 1. The van der Waals surface area contributed by atoms with Crippen LogP contribution in [0.15, 0.2) is 33.0 Å². The first-order valence-electron chi connectivity index (χ1n) is 9.71. The molecule has 0 radical (unpaired) electrons. The number of hydrogen-bond acceptors (Lipinski definition) is 7. The Morgan fingerprint density at radius 2 is 1.80 bits per heavy atom. The molecule has 0 saturated carbocycles. The van der Waals surface area contributed by atoms with Gasteiger partial charge in [0.15, 0.2) is 11.3 Å². The first-order chi connectivity index (χ1) is 14.0. The molecule has 7 nitrogen and oxygen atoms in total. The minimum atomic E-state index is -1.18. The number of aromatic hydroxyl groups is 3. The number of phenols is 3. The highest BCUT2D eigenvalue weighted by atomic mass is 16.5. The third-order valence-electron chi connectivity index (χ3n) is 5.50. The molecule has 1 atom stereocenters. The van der Waals surface area contributed by atoms with Crippen LogP contribution in [-0.2, 0) is 12.8 Å². The van der Waals surface area contributed by atoms with Crippen molar-refractivity contribution >= 4 is 21.9 Å². The number of rotatable bonds is 3. The van der Waals surface area contributed by atoms with Crippen molar-refractivity contribution in [3.63, 3.8) is 0 Å². The standard InChI is InChI=1S/C23H24O7/c1-10(2)5-6-11-20-12(9-15(29-20)23(3,4)28)18(26)17-19(27)16-13(24)7-8-14(25)22(16)30-21(11)17/h5,7-8,15,24-26,28H,6,9H2,1-4H3. The Morgan fingerprint density at radius 1 is 1.13 bits per heavy atom. The van der Waals surface area contributed by atoms with E-state index >= 15 is 0 Å². The van der Waals surface area contributed by atoms with E-state index in [0.717, 1.165) is 5.57 Å². The lowest BCUT2D eigenvalue weighted by molar-refractivity contribution is -0.0232. The molecule has 0 spiro atoms. The first-order valence-corrected chi connectivity index (χ1v) is 9.71. The lowest BCUT2D eigenvalue weighted by Crippen LogP contribution is -2.39. The molecule has 1 aromatic heterocycles. The molecule has 4 rings (SSSR count). The van der Waals surface area contributed by atoms with E-state index in [2.05, 4.69) is 0 Å². The lowest BCUT2D eigenvalue weighted by Gasteiger charge is -2.24. The fraction of sp³-hybridized carbons (Fsp3) is 0.348. The van der Waals surface area contributed by atoms with Crippen LogP contribution in [0.4, 0.5) is 0 Å². The Bertz CT molecular complexity index is 1270. The lowest BCUT2D eigenvalue weighted by atomic mass is 9.94. The van der Waals surface area contributed by atoms with Gasteiger partial charge < -0.3 is 29.6 Å². The van der Waals surface area contributed by atoms with E-state index in [1.54, 1.807) is 13.8 Å². The van der Waals surface area contributed by atoms with Crippen LogP contribution in [-0.4, -0.2) is 32.1 Å². The van der Waals surface area contributed by atoms with Crippen molar-refractivity contribution < 1.29 is 29.6 Å². The Hall–Kier alpha value is -3.19. The van der Waals surface area contributed by atoms with Gasteiger partial charge in [-0.2, -0.15) is 0 Å². The topological polar surface area (TPSA) is 120 Å². The molecule has 3 aromatic rings. The van der Waals surface area contributed by atoms with Gasteiger partial charge in [0.2, 0.25) is 5.43 Å². The van der Waals surface area contributed by atoms with Crippen LogP contribution in [0.2, 0.25) is 0 Å². The fourth-order valence-corrected chi connectivity index (χ4v) is 3.82. The maximum absolute atomic E-state index is 13.3. The Balaban J connectivity index is 2.15. The summed E-state index contributed by atoms with van der Waals surface area (Å²) in [4.78, 5) is 13.3. The number of phenolic OH excluding ortho intramolecular Hbond substituents is 3. The van der Waals surface area contributed by atoms with Crippen molar-refractivity contribution in [2.45, 2.75) is 52.2 Å². The van der Waals surface area contributed by atoms with E-state index in [0.29, 0.717) is 23.3 Å². The molecule has 4 N–H and O–H groups in total. The van der Waals surface area contributed by atoms with E-state index in [1.165, 1.54) is 12.1 Å². The molecule has 7 heteroatoms. The van der Waals surface area contributed by atoms with Gasteiger partial charge in [-0.1, -0.05) is 11.6 Å². The van der Waals surface area contributed by atoms with Crippen LogP contribution in [0.3, 0.4) is 0 Å². The van der Waals surface area contributed by atoms with Crippen molar-refractivity contribution in [2.24, 2.45) is 0 Å². The van der Waals surface area contributed by atoms with Gasteiger partial charge in [-0.3, -0.25) is 4.79 Å². The zero-order chi connectivity index (χ0) is 22.0. The summed E-state index contributed by atoms with van der Waals surface area (Å²) in [5.74, 6) is -0.585. The average molecular weight is 412 g/mol. The molecule has 1 aliphatic rings. The average Bonchev–Trinajstić information content (AvgIpc) is 3.10. The van der Waals surface area contributed by atoms with Crippen molar-refractivity contribution in [2.75, 3.05) is 0 Å². The minimum Gasteiger partial charge on any atom is -0.507 e. The summed E-state index contributed by atoms with van der Waals surface area (Å²) in [7, 11) is 0. The first kappa shape index (κ1) is 20.1. The zero-order valence-corrected chi connectivity index (χ0v) is 17.2. The highest BCUT2D eigenvalue weighted by Crippen LogP contribution is 2.47. The number of benzene rings is 2. The predicted molar refractivity (Wildman–Crippen MR) is 113 cm³/mol. The number of ether oxygens (including phenoxy) is 1. The highest BCUT2D eigenvalue weighted by molar-refractivity contribution is 6.00. The van der Waals surface area contributed by atoms with Crippen molar-refractivity contribution in [3.05, 3.63) is 45.1 Å². The molecule has 0 amide bonds. The maximum Gasteiger partial charge on any atom is 0.208 e. The summed E-state index contributed by atoms with van der Waals surface area (Å²) in [5, 5.41) is 41.5. The van der Waals surface area contributed by atoms with Gasteiger partial charge in [0, 0.05) is 17.5 Å². The molecule has 0 saturated heterocycles. The summed E-state index contributed by atoms with van der Waals surface area (Å²) in [5.41, 5.74) is 0.0756. The van der Waals surface area contributed by atoms with Gasteiger partial charge in [0.25, 0.3) is 0 Å². The number of fused-ring (bicyclic) bond motifs is 3. The quantitative estimate of drug-likeness (QED) is 0.294. The fourth-order valence-electron chi connectivity index (χ4n) is 3.82. The molecule has 0 aliphatic carbocycles. The van der Waals surface area contributed by atoms with E-state index in [-0.39, 0.29) is 45.6 Å². The van der Waals surface area contributed by atoms with Crippen molar-refractivity contribution in [3.8, 4) is 23.0 Å². The summed E-state index contributed by atoms with van der Waals surface area (Å²) >= 11 is 0. The summed E-state index contributed by atoms with van der Waals surface area (Å²) in [6, 6.07) is 2.43. The highest BCUT2D eigenvalue weighted by Gasteiger charge is 2.39. The van der Waals surface area contributed by atoms with Gasteiger partial charge in [-0.05, 0) is 46.2 Å². The molecule has 0 bridgehead atoms. The van der Waals surface area contributed by atoms with E-state index in [4.69, 9.17) is 9.15 Å². The van der Waals surface area contributed by atoms with Crippen LogP contribution in [0.1, 0.15) is 38.8 Å². The van der Waals surface area contributed by atoms with E-state index in [1.807, 2.05) is 19.9 Å². The smallest absolute Gasteiger partial charge is 0.208 e. The Morgan fingerprint density at radius 3 is 2.43 bits per heavy atom. The van der Waals surface area contributed by atoms with Gasteiger partial charge >= 0.3 is 0 Å². The van der Waals surface area contributed by atoms with Crippen molar-refractivity contribution in [1.29, 1.82) is 0 Å². The summed E-state index contributed by atoms with van der Waals surface area (Å²) in [6.07, 6.45) is 1.88. The van der Waals surface area contributed by atoms with Crippen LogP contribution in [0, 0.1) is 0 Å². The molecule has 1 unspecified atom stereocenters. The van der Waals surface area contributed by atoms with Gasteiger partial charge in [0.05, 0.1) is 5.60 Å². The van der Waals surface area contributed by atoms with Crippen LogP contribution >= 0.6 is 0 Å². The largest absolute Gasteiger partial charge is 0.507 e. The maximum atomic E-state index is 13.3. The number of allylic oxidation sites excluding steroid dienone is 2. The second-order valence-electron chi connectivity index (χ2n) is 8.53. The van der Waals surface area contributed by atoms with Crippen LogP contribution in [0.5, 0.6) is 23.0 Å². The van der Waals surface area contributed by atoms with Crippen LogP contribution in [0.25, 0.3) is 21.9 Å². The molecule has 0 fully saturated rings. The molecule has 2 heterocycles. The predicted octanol–water partition coefficient (Wildman–Crippen LogP) is 3.65. The van der Waals surface area contributed by atoms with Gasteiger partial charge in [-0.25, -0.2) is 0 Å². The monoisotopic (exact) mass is 412 g/mol. The Labute approximate surface area is 172 Å². The molecule has 30 heavy (non-hydrogen) atoms. The normalized spacial score (nSPS) is 16.0. The SMILES string of the molecule is CC(C)=CCc1c2c(c(O)c3c(=O)c4c(O)ccc(O)c4oc13)CC(C(C)(C)O)O2. The third-order valence-corrected chi connectivity index (χ3v) is 5.50. The summed E-state index contributed by atoms with van der Waals surface area (Å²) < 4.78 is 11.9. The summed E-state index contributed by atoms with van der Waals surface area (Å²) in [6.45, 7) is 7.09. The molecular formula is C23H24O7. The van der Waals surface area contributed by atoms with E-state index < -0.39 is 17.1 Å². The minimum absolute atomic E-state index is 0.0820. The molecule has 2 aromatic carbocycles. The number of hydrogen-bond donors (Lipinski definition) is 4. The molecular weight excluding hydrogens is 388 g/mol. The Kier molecular flexibility index (Phi) is 4.47. The van der Waals surface area contributed by atoms with Crippen LogP contribution < -0.4 is 10.2 Å². The van der Waals surface area contributed by atoms with Crippen molar-refractivity contribution in [1.82, 2.24) is 0 Å². The second kappa shape index (κ2) is 6.67. The zero-order valence-electron chi connectivity index (χ0n) is 17.2.